The number of pyridine rings is 1. The van der Waals surface area contributed by atoms with E-state index in [0.29, 0.717) is 23.6 Å². The number of nitrogens with zero attached hydrogens (tertiary/aromatic N) is 2. The van der Waals surface area contributed by atoms with Crippen molar-refractivity contribution in [1.29, 1.82) is 0 Å². The largest absolute Gasteiger partial charge is 0.368 e. The molecule has 3 aromatic rings. The van der Waals surface area contributed by atoms with E-state index in [1.807, 2.05) is 0 Å². The Morgan fingerprint density at radius 1 is 1.08 bits per heavy atom. The van der Waals surface area contributed by atoms with Crippen molar-refractivity contribution < 1.29 is 4.39 Å². The van der Waals surface area contributed by atoms with Crippen LogP contribution in [0.1, 0.15) is 19.4 Å². The molecular weight excluding hydrogens is 319 g/mol. The number of aromatic nitrogens is 3. The van der Waals surface area contributed by atoms with Crippen molar-refractivity contribution in [2.75, 3.05) is 11.9 Å². The summed E-state index contributed by atoms with van der Waals surface area (Å²) >= 11 is 0. The highest BCUT2D eigenvalue weighted by atomic mass is 19.1. The Morgan fingerprint density at radius 3 is 2.48 bits per heavy atom. The van der Waals surface area contributed by atoms with Gasteiger partial charge in [-0.15, -0.1) is 10.2 Å². The molecule has 3 rings (SSSR count). The van der Waals surface area contributed by atoms with Crippen LogP contribution in [-0.4, -0.2) is 21.7 Å². The molecule has 0 fully saturated rings. The van der Waals surface area contributed by atoms with Crippen LogP contribution in [0.5, 0.6) is 0 Å². The molecule has 0 spiro atoms. The van der Waals surface area contributed by atoms with Gasteiger partial charge < -0.3 is 10.3 Å². The predicted octanol–water partition coefficient (Wildman–Crippen LogP) is 3.36. The van der Waals surface area contributed by atoms with Crippen molar-refractivity contribution in [3.63, 3.8) is 0 Å². The van der Waals surface area contributed by atoms with Gasteiger partial charge >= 0.3 is 0 Å². The van der Waals surface area contributed by atoms with Crippen LogP contribution in [-0.2, 0) is 5.41 Å². The first-order chi connectivity index (χ1) is 12.0. The molecule has 2 heterocycles. The van der Waals surface area contributed by atoms with E-state index in [1.165, 1.54) is 12.1 Å². The fourth-order valence-corrected chi connectivity index (χ4v) is 2.51. The van der Waals surface area contributed by atoms with Gasteiger partial charge in [-0.2, -0.15) is 0 Å². The number of halogens is 1. The highest BCUT2D eigenvalue weighted by Crippen LogP contribution is 2.24. The van der Waals surface area contributed by atoms with Gasteiger partial charge in [-0.05, 0) is 42.0 Å². The number of hydrogen-bond donors (Lipinski definition) is 2. The molecule has 0 unspecified atom stereocenters. The van der Waals surface area contributed by atoms with E-state index < -0.39 is 0 Å². The minimum Gasteiger partial charge on any atom is -0.368 e. The Labute approximate surface area is 145 Å². The van der Waals surface area contributed by atoms with E-state index in [9.17, 15) is 9.18 Å². The highest BCUT2D eigenvalue weighted by molar-refractivity contribution is 5.58. The van der Waals surface area contributed by atoms with Crippen molar-refractivity contribution in [2.24, 2.45) is 0 Å². The second-order valence-electron chi connectivity index (χ2n) is 6.46. The first kappa shape index (κ1) is 16.8. The molecule has 0 radical (unpaired) electrons. The smallest absolute Gasteiger partial charge is 0.257 e. The Morgan fingerprint density at radius 2 is 1.84 bits per heavy atom. The van der Waals surface area contributed by atoms with Gasteiger partial charge in [0.1, 0.15) is 11.6 Å². The van der Waals surface area contributed by atoms with Gasteiger partial charge in [-0.1, -0.05) is 26.0 Å². The second-order valence-corrected chi connectivity index (χ2v) is 6.46. The van der Waals surface area contributed by atoms with Crippen molar-refractivity contribution in [1.82, 2.24) is 15.2 Å². The van der Waals surface area contributed by atoms with Crippen LogP contribution in [0, 0.1) is 5.82 Å². The second kappa shape index (κ2) is 6.84. The normalized spacial score (nSPS) is 11.3. The maximum Gasteiger partial charge on any atom is 0.257 e. The molecule has 6 heteroatoms. The summed E-state index contributed by atoms with van der Waals surface area (Å²) in [6, 6.07) is 13.5. The lowest BCUT2D eigenvalue weighted by molar-refractivity contribution is 0.552. The summed E-state index contributed by atoms with van der Waals surface area (Å²) in [6.07, 6.45) is 1.58. The predicted molar refractivity (Wildman–Crippen MR) is 96.0 cm³/mol. The summed E-state index contributed by atoms with van der Waals surface area (Å²) in [4.78, 5) is 14.4. The molecule has 0 aliphatic heterocycles. The number of anilines is 1. The first-order valence-corrected chi connectivity index (χ1v) is 7.97. The number of benzene rings is 1. The third-order valence-corrected chi connectivity index (χ3v) is 4.10. The van der Waals surface area contributed by atoms with E-state index in [1.54, 1.807) is 42.6 Å². The molecule has 128 valence electrons. The van der Waals surface area contributed by atoms with Crippen LogP contribution in [0.15, 0.2) is 59.5 Å². The molecular formula is C19H19FN4O. The van der Waals surface area contributed by atoms with Crippen molar-refractivity contribution in [2.45, 2.75) is 19.3 Å². The van der Waals surface area contributed by atoms with Crippen molar-refractivity contribution in [3.8, 4) is 11.3 Å². The molecule has 0 aliphatic carbocycles. The maximum atomic E-state index is 13.1. The van der Waals surface area contributed by atoms with Crippen molar-refractivity contribution in [3.05, 3.63) is 76.5 Å². The standard InChI is InChI=1S/C19H19FN4O/c1-19(2,13-5-7-14(20)8-6-13)12-22-17-10-9-16(23-24-17)15-4-3-11-21-18(15)25/h3-11H,12H2,1-2H3,(H,21,25)(H,22,24). The molecule has 0 saturated carbocycles. The number of H-pyrrole nitrogens is 1. The molecule has 0 atom stereocenters. The lowest BCUT2D eigenvalue weighted by atomic mass is 9.84. The Hall–Kier alpha value is -3.02. The zero-order chi connectivity index (χ0) is 17.9. The molecule has 0 aliphatic rings. The molecule has 2 aromatic heterocycles. The number of hydrogen-bond acceptors (Lipinski definition) is 4. The fraction of sp³-hybridized carbons (Fsp3) is 0.211. The summed E-state index contributed by atoms with van der Waals surface area (Å²) in [7, 11) is 0. The number of rotatable bonds is 5. The maximum absolute atomic E-state index is 13.1. The van der Waals surface area contributed by atoms with E-state index >= 15 is 0 Å². The minimum absolute atomic E-state index is 0.199. The van der Waals surface area contributed by atoms with E-state index in [4.69, 9.17) is 0 Å². The third kappa shape index (κ3) is 3.91. The minimum atomic E-state index is -0.245. The Kier molecular flexibility index (Phi) is 4.61. The van der Waals surface area contributed by atoms with Crippen molar-refractivity contribution >= 4 is 5.82 Å². The molecule has 0 saturated heterocycles. The summed E-state index contributed by atoms with van der Waals surface area (Å²) in [5.41, 5.74) is 1.63. The average molecular weight is 338 g/mol. The van der Waals surface area contributed by atoms with Gasteiger partial charge in [0.15, 0.2) is 0 Å². The van der Waals surface area contributed by atoms with Crippen LogP contribution in [0.2, 0.25) is 0 Å². The van der Waals surface area contributed by atoms with Crippen LogP contribution in [0.25, 0.3) is 11.3 Å². The lowest BCUT2D eigenvalue weighted by Crippen LogP contribution is -2.28. The SMILES string of the molecule is CC(C)(CNc1ccc(-c2ccc[nH]c2=O)nn1)c1ccc(F)cc1. The molecule has 25 heavy (non-hydrogen) atoms. The Balaban J connectivity index is 1.70. The van der Waals surface area contributed by atoms with Crippen LogP contribution in [0.3, 0.4) is 0 Å². The summed E-state index contributed by atoms with van der Waals surface area (Å²) in [5, 5.41) is 11.5. The van der Waals surface area contributed by atoms with E-state index in [0.717, 1.165) is 5.56 Å². The quantitative estimate of drug-likeness (QED) is 0.748. The van der Waals surface area contributed by atoms with E-state index in [-0.39, 0.29) is 16.8 Å². The summed E-state index contributed by atoms with van der Waals surface area (Å²) in [5.74, 6) is 0.371. The van der Waals surface area contributed by atoms with Gasteiger partial charge in [0.25, 0.3) is 5.56 Å². The number of nitrogens with one attached hydrogen (secondary N) is 2. The molecule has 5 nitrogen and oxygen atoms in total. The zero-order valence-corrected chi connectivity index (χ0v) is 14.1. The molecule has 0 bridgehead atoms. The molecule has 2 N–H and O–H groups in total. The van der Waals surface area contributed by atoms with Gasteiger partial charge in [0.2, 0.25) is 0 Å². The zero-order valence-electron chi connectivity index (χ0n) is 14.1. The van der Waals surface area contributed by atoms with Gasteiger partial charge in [0.05, 0.1) is 11.3 Å². The van der Waals surface area contributed by atoms with Gasteiger partial charge in [0, 0.05) is 18.2 Å². The monoisotopic (exact) mass is 338 g/mol. The Bertz CT molecular complexity index is 902. The van der Waals surface area contributed by atoms with Gasteiger partial charge in [-0.3, -0.25) is 4.79 Å². The fourth-order valence-electron chi connectivity index (χ4n) is 2.51. The van der Waals surface area contributed by atoms with Gasteiger partial charge in [-0.25, -0.2) is 4.39 Å². The topological polar surface area (TPSA) is 70.7 Å². The average Bonchev–Trinajstić information content (AvgIpc) is 2.61. The van der Waals surface area contributed by atoms with Crippen LogP contribution < -0.4 is 10.9 Å². The number of aromatic amines is 1. The molecule has 1 aromatic carbocycles. The lowest BCUT2D eigenvalue weighted by Gasteiger charge is -2.25. The van der Waals surface area contributed by atoms with Crippen LogP contribution in [0.4, 0.5) is 10.2 Å². The first-order valence-electron chi connectivity index (χ1n) is 7.97. The van der Waals surface area contributed by atoms with Crippen LogP contribution >= 0.6 is 0 Å². The third-order valence-electron chi connectivity index (χ3n) is 4.10. The molecule has 0 amide bonds. The summed E-state index contributed by atoms with van der Waals surface area (Å²) < 4.78 is 13.1. The van der Waals surface area contributed by atoms with E-state index in [2.05, 4.69) is 34.3 Å². The highest BCUT2D eigenvalue weighted by Gasteiger charge is 2.20. The summed E-state index contributed by atoms with van der Waals surface area (Å²) in [6.45, 7) is 4.75.